The Balaban J connectivity index is 0.000000267. The van der Waals surface area contributed by atoms with Crippen molar-refractivity contribution in [2.75, 3.05) is 0 Å². The zero-order valence-electron chi connectivity index (χ0n) is 22.3. The Bertz CT molecular complexity index is 1140. The standard InChI is InChI=1S/C13H9.C12H19.C8H8.2ClH.Zr/c1-3-7-12-10(5-1)9-11-6-2-4-8-13(11)12;1-6-10-7-9(2)8-11(10)12(3,4)5;1-2-8-6-4-3-5-7-8;;;/h1-5,7-8H,9H2;8-9H,6H2,1-5H3;3-7H,1H3;2*1H;/q2*-1;;;;+2/p-2. The third-order valence-electron chi connectivity index (χ3n) is 6.13. The predicted octanol–water partition coefficient (Wildman–Crippen LogP) is 2.59. The van der Waals surface area contributed by atoms with Crippen LogP contribution >= 0.6 is 0 Å². The van der Waals surface area contributed by atoms with Crippen LogP contribution in [0.1, 0.15) is 64.7 Å². The number of hydrogen-bond acceptors (Lipinski definition) is 0. The fourth-order valence-electron chi connectivity index (χ4n) is 4.43. The van der Waals surface area contributed by atoms with Crippen LogP contribution in [-0.2, 0) is 30.7 Å². The maximum Gasteiger partial charge on any atom is -0.0253 e. The van der Waals surface area contributed by atoms with Crippen LogP contribution in [0.25, 0.3) is 11.1 Å². The molecule has 1 unspecified atom stereocenters. The van der Waals surface area contributed by atoms with Crippen LogP contribution in [0.2, 0.25) is 0 Å². The Morgan fingerprint density at radius 2 is 1.53 bits per heavy atom. The molecule has 0 aromatic heterocycles. The van der Waals surface area contributed by atoms with Crippen LogP contribution in [-0.4, -0.2) is 3.21 Å². The van der Waals surface area contributed by atoms with Crippen LogP contribution in [0.5, 0.6) is 0 Å². The summed E-state index contributed by atoms with van der Waals surface area (Å²) in [5.41, 5.74) is 10.1. The molecule has 0 fully saturated rings. The predicted molar refractivity (Wildman–Crippen MR) is 143 cm³/mol. The molecule has 36 heavy (non-hydrogen) atoms. The maximum absolute atomic E-state index is 3.48. The van der Waals surface area contributed by atoms with E-state index in [0.717, 1.165) is 12.8 Å². The Morgan fingerprint density at radius 1 is 0.917 bits per heavy atom. The monoisotopic (exact) mass is 592 g/mol. The minimum atomic E-state index is 0. The average Bonchev–Trinajstić information content (AvgIpc) is 3.41. The van der Waals surface area contributed by atoms with Crippen molar-refractivity contribution in [2.24, 2.45) is 11.3 Å². The minimum absolute atomic E-state index is 0. The van der Waals surface area contributed by atoms with Gasteiger partial charge in [-0.25, -0.2) is 5.57 Å². The quantitative estimate of drug-likeness (QED) is 0.313. The molecule has 3 heteroatoms. The molecule has 1 atom stereocenters. The summed E-state index contributed by atoms with van der Waals surface area (Å²) in [6.45, 7) is 13.4. The van der Waals surface area contributed by atoms with E-state index in [2.05, 4.69) is 120 Å². The minimum Gasteiger partial charge on any atom is -1.00 e. The molecule has 0 nitrogen and oxygen atoms in total. The molecule has 0 spiro atoms. The third kappa shape index (κ3) is 8.80. The van der Waals surface area contributed by atoms with Gasteiger partial charge in [-0.3, -0.25) is 6.08 Å². The van der Waals surface area contributed by atoms with Crippen molar-refractivity contribution < 1.29 is 49.0 Å². The average molecular weight is 595 g/mol. The van der Waals surface area contributed by atoms with Crippen molar-refractivity contribution in [1.29, 1.82) is 0 Å². The molecule has 5 rings (SSSR count). The van der Waals surface area contributed by atoms with Gasteiger partial charge in [0.1, 0.15) is 0 Å². The van der Waals surface area contributed by atoms with Gasteiger partial charge in [0.2, 0.25) is 0 Å². The number of halogens is 2. The van der Waals surface area contributed by atoms with Gasteiger partial charge >= 0.3 is 70.3 Å². The Hall–Kier alpha value is -1.53. The Kier molecular flexibility index (Phi) is 13.6. The number of allylic oxidation sites excluding steroid dienone is 4. The third-order valence-corrected chi connectivity index (χ3v) is 6.84. The van der Waals surface area contributed by atoms with Crippen LogP contribution in [0.3, 0.4) is 0 Å². The summed E-state index contributed by atoms with van der Waals surface area (Å²) in [4.78, 5) is 0. The van der Waals surface area contributed by atoms with Gasteiger partial charge in [-0.2, -0.15) is 41.5 Å². The summed E-state index contributed by atoms with van der Waals surface area (Å²) in [6.07, 6.45) is 8.00. The summed E-state index contributed by atoms with van der Waals surface area (Å²) < 4.78 is 1.46. The maximum atomic E-state index is 3.48. The molecular formula is C33H36Cl2Zr-2. The van der Waals surface area contributed by atoms with Gasteiger partial charge in [0.15, 0.2) is 0 Å². The van der Waals surface area contributed by atoms with Gasteiger partial charge in [-0.1, -0.05) is 87.8 Å². The molecule has 0 saturated carbocycles. The van der Waals surface area contributed by atoms with E-state index in [1.165, 1.54) is 66.4 Å². The van der Waals surface area contributed by atoms with E-state index in [0.29, 0.717) is 11.3 Å². The summed E-state index contributed by atoms with van der Waals surface area (Å²) in [5, 5.41) is 0. The molecule has 188 valence electrons. The fourth-order valence-corrected chi connectivity index (χ4v) is 4.84. The zero-order chi connectivity index (χ0) is 24.7. The number of fused-ring (bicyclic) bond motifs is 3. The van der Waals surface area contributed by atoms with Crippen LogP contribution in [0.15, 0.2) is 90.0 Å². The second kappa shape index (κ2) is 15.0. The molecular weight excluding hydrogens is 558 g/mol. The van der Waals surface area contributed by atoms with E-state index in [1.807, 2.05) is 12.1 Å². The van der Waals surface area contributed by atoms with Gasteiger partial charge in [0.25, 0.3) is 0 Å². The molecule has 0 heterocycles. The summed E-state index contributed by atoms with van der Waals surface area (Å²) >= 11 is 1.51. The first-order valence-electron chi connectivity index (χ1n) is 12.2. The van der Waals surface area contributed by atoms with Gasteiger partial charge < -0.3 is 24.8 Å². The zero-order valence-corrected chi connectivity index (χ0v) is 26.2. The molecule has 0 bridgehead atoms. The van der Waals surface area contributed by atoms with Gasteiger partial charge in [0, 0.05) is 0 Å². The summed E-state index contributed by atoms with van der Waals surface area (Å²) in [6, 6.07) is 28.6. The van der Waals surface area contributed by atoms with E-state index < -0.39 is 0 Å². The van der Waals surface area contributed by atoms with Crippen LogP contribution in [0, 0.1) is 23.5 Å². The first-order chi connectivity index (χ1) is 16.2. The second-order valence-electron chi connectivity index (χ2n) is 9.98. The molecule has 2 aliphatic rings. The van der Waals surface area contributed by atoms with Crippen molar-refractivity contribution in [1.82, 2.24) is 0 Å². The molecule has 0 N–H and O–H groups in total. The second-order valence-corrected chi connectivity index (χ2v) is 11.8. The van der Waals surface area contributed by atoms with E-state index >= 15 is 0 Å². The van der Waals surface area contributed by atoms with Crippen LogP contribution in [0.4, 0.5) is 0 Å². The molecule has 3 aromatic rings. The molecule has 0 saturated heterocycles. The molecule has 0 radical (unpaired) electrons. The smallest absolute Gasteiger partial charge is 0.0253 e. The molecule has 3 aromatic carbocycles. The van der Waals surface area contributed by atoms with E-state index in [1.54, 1.807) is 0 Å². The molecule has 0 amide bonds. The summed E-state index contributed by atoms with van der Waals surface area (Å²) in [7, 11) is 0. The molecule has 0 aliphatic heterocycles. The normalized spacial score (nSPS) is 14.7. The van der Waals surface area contributed by atoms with E-state index in [9.17, 15) is 0 Å². The first kappa shape index (κ1) is 32.5. The van der Waals surface area contributed by atoms with Gasteiger partial charge in [0.05, 0.1) is 0 Å². The van der Waals surface area contributed by atoms with Crippen LogP contribution < -0.4 is 24.8 Å². The Morgan fingerprint density at radius 3 is 2.08 bits per heavy atom. The van der Waals surface area contributed by atoms with Crippen molar-refractivity contribution in [3.05, 3.63) is 119 Å². The van der Waals surface area contributed by atoms with Gasteiger partial charge in [-0.15, -0.1) is 5.56 Å². The summed E-state index contributed by atoms with van der Waals surface area (Å²) in [5.74, 6) is 0.522. The number of benzene rings is 3. The SMILES string of the molecule is CCC1=[C-]C(C)C=C1C(C)(C)C.C[C](=[Zr+2])c1ccccc1.[Cl-].[Cl-].[c-]1cccc2c1Cc1ccccc1-2. The fraction of sp³-hybridized carbons (Fsp3) is 0.303. The van der Waals surface area contributed by atoms with Crippen molar-refractivity contribution in [3.63, 3.8) is 0 Å². The van der Waals surface area contributed by atoms with E-state index in [-0.39, 0.29) is 24.8 Å². The van der Waals surface area contributed by atoms with Gasteiger partial charge in [-0.05, 0) is 6.42 Å². The van der Waals surface area contributed by atoms with Crippen molar-refractivity contribution in [2.45, 2.75) is 54.4 Å². The number of rotatable bonds is 2. The Labute approximate surface area is 246 Å². The molecule has 2 aliphatic carbocycles. The largest absolute Gasteiger partial charge is 1.00 e. The first-order valence-corrected chi connectivity index (χ1v) is 13.5. The number of hydrogen-bond donors (Lipinski definition) is 0. The topological polar surface area (TPSA) is 0 Å². The van der Waals surface area contributed by atoms with E-state index in [4.69, 9.17) is 0 Å². The van der Waals surface area contributed by atoms with Crippen molar-refractivity contribution in [3.8, 4) is 11.1 Å². The van der Waals surface area contributed by atoms with Crippen molar-refractivity contribution >= 4 is 3.21 Å².